The summed E-state index contributed by atoms with van der Waals surface area (Å²) in [5.41, 5.74) is 10.8. The molecule has 2 heterocycles. The Labute approximate surface area is 141 Å². The van der Waals surface area contributed by atoms with E-state index < -0.39 is 0 Å². The van der Waals surface area contributed by atoms with Crippen LogP contribution in [0, 0.1) is 0 Å². The first-order valence-corrected chi connectivity index (χ1v) is 7.97. The molecule has 0 unspecified atom stereocenters. The molecule has 0 aliphatic carbocycles. The van der Waals surface area contributed by atoms with Crippen molar-refractivity contribution in [3.63, 3.8) is 0 Å². The molecule has 2 aromatic carbocycles. The topological polar surface area (TPSA) is 56.2 Å². The van der Waals surface area contributed by atoms with Crippen LogP contribution in [0.25, 0.3) is 28.0 Å². The lowest BCUT2D eigenvalue weighted by atomic mass is 10.1. The molecule has 5 heteroatoms. The van der Waals surface area contributed by atoms with Crippen LogP contribution in [0.5, 0.6) is 0 Å². The number of nitrogens with zero attached hydrogens (tertiary/aromatic N) is 3. The number of hydrogen-bond acceptors (Lipinski definition) is 3. The summed E-state index contributed by atoms with van der Waals surface area (Å²) >= 11 is 3.51. The summed E-state index contributed by atoms with van der Waals surface area (Å²) in [6.45, 7) is 0. The lowest BCUT2D eigenvalue weighted by Gasteiger charge is -2.06. The second-order valence-corrected chi connectivity index (χ2v) is 6.15. The monoisotopic (exact) mass is 364 g/mol. The summed E-state index contributed by atoms with van der Waals surface area (Å²) in [4.78, 5) is 4.78. The van der Waals surface area contributed by atoms with Crippen molar-refractivity contribution in [3.05, 3.63) is 71.3 Å². The van der Waals surface area contributed by atoms with Crippen molar-refractivity contribution in [2.45, 2.75) is 0 Å². The highest BCUT2D eigenvalue weighted by Crippen LogP contribution is 2.29. The number of benzene rings is 2. The number of halogens is 1. The lowest BCUT2D eigenvalue weighted by Crippen LogP contribution is -2.01. The predicted molar refractivity (Wildman–Crippen MR) is 96.0 cm³/mol. The van der Waals surface area contributed by atoms with Crippen molar-refractivity contribution in [1.82, 2.24) is 14.6 Å². The summed E-state index contributed by atoms with van der Waals surface area (Å²) in [6.07, 6.45) is 1.80. The molecule has 0 bridgehead atoms. The number of anilines is 1. The average Bonchev–Trinajstić information content (AvgIpc) is 3.00. The Morgan fingerprint density at radius 3 is 2.48 bits per heavy atom. The van der Waals surface area contributed by atoms with Gasteiger partial charge in [0.25, 0.3) is 0 Å². The van der Waals surface area contributed by atoms with Crippen molar-refractivity contribution in [1.29, 1.82) is 0 Å². The smallest absolute Gasteiger partial charge is 0.165 e. The first-order valence-electron chi connectivity index (χ1n) is 7.18. The summed E-state index contributed by atoms with van der Waals surface area (Å²) in [5, 5.41) is 4.37. The van der Waals surface area contributed by atoms with Crippen LogP contribution in [-0.4, -0.2) is 14.6 Å². The first-order chi connectivity index (χ1) is 11.2. The Balaban J connectivity index is 1.96. The highest BCUT2D eigenvalue weighted by molar-refractivity contribution is 9.10. The largest absolute Gasteiger partial charge is 0.384 e. The molecule has 0 saturated heterocycles. The minimum atomic E-state index is 0.565. The van der Waals surface area contributed by atoms with Gasteiger partial charge < -0.3 is 5.73 Å². The number of nitrogen functional groups attached to an aromatic ring is 1. The maximum atomic E-state index is 6.17. The highest BCUT2D eigenvalue weighted by Gasteiger charge is 2.12. The van der Waals surface area contributed by atoms with Crippen LogP contribution < -0.4 is 5.73 Å². The SMILES string of the molecule is Nc1cc(-c2ccccc2)nc2c(-c3cccc(Br)c3)cnn12. The van der Waals surface area contributed by atoms with Gasteiger partial charge in [-0.25, -0.2) is 4.98 Å². The van der Waals surface area contributed by atoms with E-state index in [4.69, 9.17) is 10.7 Å². The van der Waals surface area contributed by atoms with Crippen LogP contribution in [-0.2, 0) is 0 Å². The summed E-state index contributed by atoms with van der Waals surface area (Å²) in [7, 11) is 0. The van der Waals surface area contributed by atoms with Crippen LogP contribution in [0.4, 0.5) is 5.82 Å². The fourth-order valence-electron chi connectivity index (χ4n) is 2.60. The van der Waals surface area contributed by atoms with E-state index >= 15 is 0 Å². The average molecular weight is 365 g/mol. The molecule has 2 N–H and O–H groups in total. The predicted octanol–water partition coefficient (Wildman–Crippen LogP) is 4.41. The van der Waals surface area contributed by atoms with Crippen LogP contribution in [0.3, 0.4) is 0 Å². The van der Waals surface area contributed by atoms with E-state index in [0.29, 0.717) is 5.82 Å². The molecule has 4 nitrogen and oxygen atoms in total. The summed E-state index contributed by atoms with van der Waals surface area (Å²) in [6, 6.07) is 19.9. The molecule has 4 rings (SSSR count). The molecule has 2 aromatic heterocycles. The third-order valence-corrected chi connectivity index (χ3v) is 4.20. The molecule has 0 atom stereocenters. The van der Waals surface area contributed by atoms with E-state index in [2.05, 4.69) is 21.0 Å². The second-order valence-electron chi connectivity index (χ2n) is 5.24. The lowest BCUT2D eigenvalue weighted by molar-refractivity contribution is 0.954. The number of fused-ring (bicyclic) bond motifs is 1. The minimum absolute atomic E-state index is 0.565. The molecule has 0 saturated carbocycles. The Morgan fingerprint density at radius 2 is 1.70 bits per heavy atom. The van der Waals surface area contributed by atoms with Gasteiger partial charge in [0.2, 0.25) is 0 Å². The molecule has 0 fully saturated rings. The van der Waals surface area contributed by atoms with E-state index in [-0.39, 0.29) is 0 Å². The number of hydrogen-bond donors (Lipinski definition) is 1. The Bertz CT molecular complexity index is 993. The van der Waals surface area contributed by atoms with Crippen molar-refractivity contribution >= 4 is 27.4 Å². The van der Waals surface area contributed by atoms with Crippen LogP contribution >= 0.6 is 15.9 Å². The zero-order valence-corrected chi connectivity index (χ0v) is 13.7. The van der Waals surface area contributed by atoms with Gasteiger partial charge in [0.15, 0.2) is 5.65 Å². The van der Waals surface area contributed by atoms with Crippen molar-refractivity contribution < 1.29 is 0 Å². The fraction of sp³-hybridized carbons (Fsp3) is 0. The van der Waals surface area contributed by atoms with Crippen LogP contribution in [0.15, 0.2) is 71.3 Å². The molecule has 23 heavy (non-hydrogen) atoms. The van der Waals surface area contributed by atoms with Gasteiger partial charge in [0.05, 0.1) is 11.9 Å². The number of aromatic nitrogens is 3. The third kappa shape index (κ3) is 2.49. The highest BCUT2D eigenvalue weighted by atomic mass is 79.9. The summed E-state index contributed by atoms with van der Waals surface area (Å²) in [5.74, 6) is 0.565. The van der Waals surface area contributed by atoms with Gasteiger partial charge in [0, 0.05) is 21.7 Å². The Kier molecular flexibility index (Phi) is 3.35. The van der Waals surface area contributed by atoms with Gasteiger partial charge >= 0.3 is 0 Å². The van der Waals surface area contributed by atoms with Gasteiger partial charge in [0.1, 0.15) is 5.82 Å². The van der Waals surface area contributed by atoms with E-state index in [1.54, 1.807) is 10.7 Å². The van der Waals surface area contributed by atoms with Gasteiger partial charge in [-0.1, -0.05) is 58.4 Å². The second kappa shape index (κ2) is 5.52. The van der Waals surface area contributed by atoms with Gasteiger partial charge in [-0.05, 0) is 17.7 Å². The van der Waals surface area contributed by atoms with Gasteiger partial charge in [-0.2, -0.15) is 9.61 Å². The molecule has 0 radical (unpaired) electrons. The van der Waals surface area contributed by atoms with Crippen LogP contribution in [0.2, 0.25) is 0 Å². The molecular weight excluding hydrogens is 352 g/mol. The molecule has 0 aliphatic rings. The first kappa shape index (κ1) is 14.0. The van der Waals surface area contributed by atoms with E-state index in [1.165, 1.54) is 0 Å². The normalized spacial score (nSPS) is 11.0. The van der Waals surface area contributed by atoms with Gasteiger partial charge in [-0.15, -0.1) is 0 Å². The van der Waals surface area contributed by atoms with Crippen molar-refractivity contribution in [2.75, 3.05) is 5.73 Å². The maximum absolute atomic E-state index is 6.17. The molecule has 4 aromatic rings. The maximum Gasteiger partial charge on any atom is 0.165 e. The molecule has 0 aliphatic heterocycles. The standard InChI is InChI=1S/C18H13BrN4/c19-14-8-4-7-13(9-14)15-11-21-23-17(20)10-16(22-18(15)23)12-5-2-1-3-6-12/h1-11H,20H2. The molecule has 0 spiro atoms. The van der Waals surface area contributed by atoms with E-state index in [1.807, 2.05) is 60.7 Å². The van der Waals surface area contributed by atoms with E-state index in [0.717, 1.165) is 32.5 Å². The van der Waals surface area contributed by atoms with Crippen LogP contribution in [0.1, 0.15) is 0 Å². The zero-order chi connectivity index (χ0) is 15.8. The quantitative estimate of drug-likeness (QED) is 0.573. The molecular formula is C18H13BrN4. The minimum Gasteiger partial charge on any atom is -0.384 e. The van der Waals surface area contributed by atoms with Crippen molar-refractivity contribution in [2.24, 2.45) is 0 Å². The summed E-state index contributed by atoms with van der Waals surface area (Å²) < 4.78 is 2.68. The third-order valence-electron chi connectivity index (χ3n) is 3.70. The van der Waals surface area contributed by atoms with Gasteiger partial charge in [-0.3, -0.25) is 0 Å². The van der Waals surface area contributed by atoms with Crippen molar-refractivity contribution in [3.8, 4) is 22.4 Å². The Morgan fingerprint density at radius 1 is 0.913 bits per heavy atom. The molecule has 112 valence electrons. The molecule has 0 amide bonds. The fourth-order valence-corrected chi connectivity index (χ4v) is 3.00. The number of nitrogens with two attached hydrogens (primary N) is 1. The van der Waals surface area contributed by atoms with E-state index in [9.17, 15) is 0 Å². The number of rotatable bonds is 2. The zero-order valence-electron chi connectivity index (χ0n) is 12.1. The Hall–Kier alpha value is -2.66.